The monoisotopic (exact) mass is 251 g/mol. The van der Waals surface area contributed by atoms with Crippen LogP contribution in [-0.2, 0) is 10.0 Å². The first-order valence-corrected chi connectivity index (χ1v) is 6.13. The number of nitrogens with one attached hydrogen (secondary N) is 1. The lowest BCUT2D eigenvalue weighted by molar-refractivity contribution is -0.0497. The average molecular weight is 251 g/mol. The summed E-state index contributed by atoms with van der Waals surface area (Å²) in [7, 11) is -3.41. The van der Waals surface area contributed by atoms with Gasteiger partial charge in [0, 0.05) is 6.07 Å². The zero-order valence-corrected chi connectivity index (χ0v) is 9.30. The minimum atomic E-state index is -3.41. The fourth-order valence-corrected chi connectivity index (χ4v) is 1.62. The Labute approximate surface area is 92.3 Å². The molecule has 7 heteroatoms. The molecule has 0 unspecified atom stereocenters. The van der Waals surface area contributed by atoms with Crippen molar-refractivity contribution in [1.82, 2.24) is 0 Å². The Kier molecular flexibility index (Phi) is 4.05. The van der Waals surface area contributed by atoms with Crippen LogP contribution in [0.1, 0.15) is 6.92 Å². The van der Waals surface area contributed by atoms with Gasteiger partial charge in [0.15, 0.2) is 0 Å². The van der Waals surface area contributed by atoms with Crippen molar-refractivity contribution in [2.45, 2.75) is 13.5 Å². The van der Waals surface area contributed by atoms with E-state index in [0.717, 1.165) is 0 Å². The van der Waals surface area contributed by atoms with E-state index in [-0.39, 0.29) is 17.2 Å². The fraction of sp³-hybridized carbons (Fsp3) is 0.333. The van der Waals surface area contributed by atoms with E-state index in [0.29, 0.717) is 0 Å². The molecule has 0 fully saturated rings. The SMILES string of the molecule is CCS(=O)(=O)Nc1cccc(OC(F)F)c1. The first kappa shape index (κ1) is 12.7. The molecular weight excluding hydrogens is 240 g/mol. The van der Waals surface area contributed by atoms with Gasteiger partial charge in [-0.15, -0.1) is 0 Å². The Hall–Kier alpha value is -1.37. The predicted molar refractivity (Wildman–Crippen MR) is 56.2 cm³/mol. The van der Waals surface area contributed by atoms with Crippen LogP contribution < -0.4 is 9.46 Å². The molecule has 0 amide bonds. The molecule has 1 aromatic carbocycles. The van der Waals surface area contributed by atoms with Crippen molar-refractivity contribution in [3.8, 4) is 5.75 Å². The van der Waals surface area contributed by atoms with E-state index in [1.165, 1.54) is 31.2 Å². The number of sulfonamides is 1. The van der Waals surface area contributed by atoms with Crippen LogP contribution in [0.4, 0.5) is 14.5 Å². The van der Waals surface area contributed by atoms with Gasteiger partial charge in [-0.25, -0.2) is 8.42 Å². The molecule has 1 N–H and O–H groups in total. The van der Waals surface area contributed by atoms with Crippen LogP contribution in [0, 0.1) is 0 Å². The first-order chi connectivity index (χ1) is 7.43. The number of rotatable bonds is 5. The second kappa shape index (κ2) is 5.11. The summed E-state index contributed by atoms with van der Waals surface area (Å²) in [6.45, 7) is -1.46. The topological polar surface area (TPSA) is 55.4 Å². The maximum atomic E-state index is 11.9. The van der Waals surface area contributed by atoms with Gasteiger partial charge in [-0.05, 0) is 19.1 Å². The van der Waals surface area contributed by atoms with Gasteiger partial charge in [-0.3, -0.25) is 4.72 Å². The second-order valence-corrected chi connectivity index (χ2v) is 4.92. The highest BCUT2D eigenvalue weighted by Gasteiger charge is 2.08. The maximum absolute atomic E-state index is 11.9. The third kappa shape index (κ3) is 4.01. The van der Waals surface area contributed by atoms with E-state index >= 15 is 0 Å². The summed E-state index contributed by atoms with van der Waals surface area (Å²) in [4.78, 5) is 0. The number of halogens is 2. The van der Waals surface area contributed by atoms with Crippen molar-refractivity contribution in [3.05, 3.63) is 24.3 Å². The number of alkyl halides is 2. The van der Waals surface area contributed by atoms with Gasteiger partial charge in [0.2, 0.25) is 10.0 Å². The lowest BCUT2D eigenvalue weighted by Gasteiger charge is -2.08. The molecule has 0 aliphatic rings. The number of hydrogen-bond acceptors (Lipinski definition) is 3. The van der Waals surface area contributed by atoms with E-state index in [2.05, 4.69) is 9.46 Å². The van der Waals surface area contributed by atoms with Gasteiger partial charge >= 0.3 is 6.61 Å². The van der Waals surface area contributed by atoms with Gasteiger partial charge in [0.05, 0.1) is 11.4 Å². The summed E-state index contributed by atoms with van der Waals surface area (Å²) < 4.78 is 52.6. The normalized spacial score (nSPS) is 11.5. The standard InChI is InChI=1S/C9H11F2NO3S/c1-2-16(13,14)12-7-4-3-5-8(6-7)15-9(10)11/h3-6,9,12H,2H2,1H3. The summed E-state index contributed by atoms with van der Waals surface area (Å²) in [5.74, 6) is -0.182. The highest BCUT2D eigenvalue weighted by atomic mass is 32.2. The summed E-state index contributed by atoms with van der Waals surface area (Å²) in [5, 5.41) is 0. The molecule has 0 heterocycles. The molecule has 4 nitrogen and oxygen atoms in total. The van der Waals surface area contributed by atoms with Gasteiger partial charge < -0.3 is 4.74 Å². The van der Waals surface area contributed by atoms with Gasteiger partial charge in [-0.2, -0.15) is 8.78 Å². The quantitative estimate of drug-likeness (QED) is 0.871. The fourth-order valence-electron chi connectivity index (χ4n) is 0.987. The Balaban J connectivity index is 2.83. The van der Waals surface area contributed by atoms with Crippen LogP contribution in [0.5, 0.6) is 5.75 Å². The zero-order chi connectivity index (χ0) is 12.2. The van der Waals surface area contributed by atoms with Crippen LogP contribution in [0.25, 0.3) is 0 Å². The Morgan fingerprint density at radius 1 is 1.44 bits per heavy atom. The predicted octanol–water partition coefficient (Wildman–Crippen LogP) is 2.05. The van der Waals surface area contributed by atoms with Gasteiger partial charge in [0.25, 0.3) is 0 Å². The van der Waals surface area contributed by atoms with Crippen molar-refractivity contribution >= 4 is 15.7 Å². The molecule has 16 heavy (non-hydrogen) atoms. The molecular formula is C9H11F2NO3S. The molecule has 0 aliphatic carbocycles. The van der Waals surface area contributed by atoms with Crippen molar-refractivity contribution in [3.63, 3.8) is 0 Å². The van der Waals surface area contributed by atoms with Crippen molar-refractivity contribution in [1.29, 1.82) is 0 Å². The zero-order valence-electron chi connectivity index (χ0n) is 8.48. The third-order valence-electron chi connectivity index (χ3n) is 1.71. The number of ether oxygens (including phenoxy) is 1. The Bertz CT molecular complexity index is 448. The van der Waals surface area contributed by atoms with Gasteiger partial charge in [0.1, 0.15) is 5.75 Å². The molecule has 0 saturated carbocycles. The Morgan fingerprint density at radius 3 is 2.69 bits per heavy atom. The summed E-state index contributed by atoms with van der Waals surface area (Å²) in [5.41, 5.74) is 0.194. The molecule has 0 aromatic heterocycles. The lowest BCUT2D eigenvalue weighted by atomic mass is 10.3. The van der Waals surface area contributed by atoms with E-state index in [4.69, 9.17) is 0 Å². The summed E-state index contributed by atoms with van der Waals surface area (Å²) in [6.07, 6.45) is 0. The number of benzene rings is 1. The highest BCUT2D eigenvalue weighted by molar-refractivity contribution is 7.92. The number of hydrogen-bond donors (Lipinski definition) is 1. The van der Waals surface area contributed by atoms with Crippen LogP contribution in [0.2, 0.25) is 0 Å². The minimum absolute atomic E-state index is 0.0903. The van der Waals surface area contributed by atoms with E-state index in [1.807, 2.05) is 0 Å². The minimum Gasteiger partial charge on any atom is -0.435 e. The molecule has 0 aliphatic heterocycles. The van der Waals surface area contributed by atoms with E-state index < -0.39 is 16.6 Å². The molecule has 1 aromatic rings. The highest BCUT2D eigenvalue weighted by Crippen LogP contribution is 2.20. The first-order valence-electron chi connectivity index (χ1n) is 4.48. The maximum Gasteiger partial charge on any atom is 0.387 e. The van der Waals surface area contributed by atoms with Crippen molar-refractivity contribution in [2.75, 3.05) is 10.5 Å². The average Bonchev–Trinajstić information content (AvgIpc) is 2.16. The molecule has 0 bridgehead atoms. The van der Waals surface area contributed by atoms with Crippen LogP contribution in [-0.4, -0.2) is 20.8 Å². The molecule has 0 atom stereocenters. The lowest BCUT2D eigenvalue weighted by Crippen LogP contribution is -2.14. The van der Waals surface area contributed by atoms with Gasteiger partial charge in [-0.1, -0.05) is 6.07 Å². The number of anilines is 1. The summed E-state index contributed by atoms with van der Waals surface area (Å²) in [6, 6.07) is 5.38. The smallest absolute Gasteiger partial charge is 0.387 e. The second-order valence-electron chi connectivity index (χ2n) is 2.91. The molecule has 1 rings (SSSR count). The Morgan fingerprint density at radius 2 is 2.12 bits per heavy atom. The molecule has 0 radical (unpaired) electrons. The van der Waals surface area contributed by atoms with Crippen molar-refractivity contribution < 1.29 is 21.9 Å². The summed E-state index contributed by atoms with van der Waals surface area (Å²) >= 11 is 0. The van der Waals surface area contributed by atoms with E-state index in [1.54, 1.807) is 0 Å². The van der Waals surface area contributed by atoms with Crippen LogP contribution in [0.3, 0.4) is 0 Å². The molecule has 90 valence electrons. The van der Waals surface area contributed by atoms with Crippen molar-refractivity contribution in [2.24, 2.45) is 0 Å². The molecule has 0 spiro atoms. The van der Waals surface area contributed by atoms with Crippen LogP contribution >= 0.6 is 0 Å². The largest absolute Gasteiger partial charge is 0.435 e. The molecule has 0 saturated heterocycles. The van der Waals surface area contributed by atoms with E-state index in [9.17, 15) is 17.2 Å². The third-order valence-corrected chi connectivity index (χ3v) is 3.02. The van der Waals surface area contributed by atoms with Crippen LogP contribution in [0.15, 0.2) is 24.3 Å².